The summed E-state index contributed by atoms with van der Waals surface area (Å²) in [6.07, 6.45) is 7.27. The Labute approximate surface area is 165 Å². The second kappa shape index (κ2) is 11.8. The molecule has 152 valence electrons. The predicted octanol–water partition coefficient (Wildman–Crippen LogP) is 2.86. The molecule has 1 aromatic rings. The van der Waals surface area contributed by atoms with Crippen molar-refractivity contribution in [2.75, 3.05) is 44.7 Å². The molecule has 1 saturated heterocycles. The van der Waals surface area contributed by atoms with Gasteiger partial charge in [0.15, 0.2) is 5.96 Å². The minimum absolute atomic E-state index is 0.729. The normalized spacial score (nSPS) is 18.4. The van der Waals surface area contributed by atoms with Crippen molar-refractivity contribution >= 4 is 11.8 Å². The third kappa shape index (κ3) is 6.69. The highest BCUT2D eigenvalue weighted by molar-refractivity contribution is 5.79. The first-order chi connectivity index (χ1) is 13.2. The molecule has 1 aliphatic rings. The van der Waals surface area contributed by atoms with Gasteiger partial charge in [-0.05, 0) is 51.3 Å². The number of aromatic nitrogens is 1. The second-order valence-corrected chi connectivity index (χ2v) is 7.14. The molecule has 0 radical (unpaired) electrons. The molecule has 0 aromatic carbocycles. The van der Waals surface area contributed by atoms with E-state index in [2.05, 4.69) is 63.3 Å². The second-order valence-electron chi connectivity index (χ2n) is 7.14. The Bertz CT molecular complexity index is 552. The van der Waals surface area contributed by atoms with Crippen LogP contribution in [0.15, 0.2) is 23.3 Å². The molecule has 2 rings (SSSR count). The van der Waals surface area contributed by atoms with Crippen LogP contribution in [0.5, 0.6) is 0 Å². The van der Waals surface area contributed by atoms with E-state index in [1.807, 2.05) is 13.2 Å². The first-order valence-electron chi connectivity index (χ1n) is 10.6. The quantitative estimate of drug-likeness (QED) is 0.514. The summed E-state index contributed by atoms with van der Waals surface area (Å²) in [5.74, 6) is 1.89. The van der Waals surface area contributed by atoms with Crippen molar-refractivity contribution in [2.45, 2.75) is 59.0 Å². The Morgan fingerprint density at radius 2 is 2.04 bits per heavy atom. The first kappa shape index (κ1) is 21.5. The van der Waals surface area contributed by atoms with Gasteiger partial charge in [0.25, 0.3) is 0 Å². The summed E-state index contributed by atoms with van der Waals surface area (Å²) in [6, 6.07) is 4.99. The van der Waals surface area contributed by atoms with Gasteiger partial charge in [-0.1, -0.05) is 19.4 Å². The van der Waals surface area contributed by atoms with Crippen molar-refractivity contribution in [1.29, 1.82) is 0 Å². The van der Waals surface area contributed by atoms with E-state index < -0.39 is 0 Å². The lowest BCUT2D eigenvalue weighted by atomic mass is 10.0. The highest BCUT2D eigenvalue weighted by Gasteiger charge is 2.19. The van der Waals surface area contributed by atoms with Crippen molar-refractivity contribution in [2.24, 2.45) is 4.99 Å². The summed E-state index contributed by atoms with van der Waals surface area (Å²) in [5.41, 5.74) is 1.16. The van der Waals surface area contributed by atoms with E-state index in [1.54, 1.807) is 0 Å². The van der Waals surface area contributed by atoms with Gasteiger partial charge in [0.2, 0.25) is 0 Å². The Morgan fingerprint density at radius 1 is 1.22 bits per heavy atom. The predicted molar refractivity (Wildman–Crippen MR) is 116 cm³/mol. The van der Waals surface area contributed by atoms with Gasteiger partial charge in [-0.15, -0.1) is 0 Å². The number of hydrogen-bond donors (Lipinski definition) is 2. The first-order valence-corrected chi connectivity index (χ1v) is 10.6. The lowest BCUT2D eigenvalue weighted by molar-refractivity contribution is 0.147. The molecule has 1 unspecified atom stereocenters. The number of piperidine rings is 1. The maximum absolute atomic E-state index is 4.58. The van der Waals surface area contributed by atoms with Gasteiger partial charge in [0.05, 0.1) is 0 Å². The third-order valence-electron chi connectivity index (χ3n) is 5.49. The fourth-order valence-corrected chi connectivity index (χ4v) is 3.80. The van der Waals surface area contributed by atoms with Crippen molar-refractivity contribution < 1.29 is 0 Å². The van der Waals surface area contributed by atoms with Crippen LogP contribution in [0, 0.1) is 0 Å². The van der Waals surface area contributed by atoms with Crippen LogP contribution in [0.4, 0.5) is 5.82 Å². The van der Waals surface area contributed by atoms with Crippen LogP contribution in [0.1, 0.15) is 52.0 Å². The standard InChI is InChI=1S/C21H38N6/c1-5-19-10-8-9-14-27(19)15-13-23-21(22-4)25-17-18-11-12-20(24-16-18)26(6-2)7-3/h11-12,16,19H,5-10,13-15,17H2,1-4H3,(H2,22,23,25). The molecule has 2 heterocycles. The van der Waals surface area contributed by atoms with Crippen LogP contribution in [0.25, 0.3) is 0 Å². The molecule has 0 aliphatic carbocycles. The number of hydrogen-bond acceptors (Lipinski definition) is 4. The van der Waals surface area contributed by atoms with Crippen LogP contribution in [-0.4, -0.2) is 61.7 Å². The van der Waals surface area contributed by atoms with Crippen molar-refractivity contribution in [1.82, 2.24) is 20.5 Å². The molecular weight excluding hydrogens is 336 g/mol. The zero-order valence-electron chi connectivity index (χ0n) is 17.7. The molecule has 0 bridgehead atoms. The Hall–Kier alpha value is -1.82. The molecule has 6 nitrogen and oxygen atoms in total. The maximum atomic E-state index is 4.58. The zero-order chi connectivity index (χ0) is 19.5. The van der Waals surface area contributed by atoms with Gasteiger partial charge in [-0.25, -0.2) is 4.98 Å². The van der Waals surface area contributed by atoms with E-state index in [9.17, 15) is 0 Å². The molecule has 1 fully saturated rings. The number of likely N-dealkylation sites (tertiary alicyclic amines) is 1. The minimum Gasteiger partial charge on any atom is -0.357 e. The summed E-state index contributed by atoms with van der Waals surface area (Å²) in [6.45, 7) is 12.5. The monoisotopic (exact) mass is 374 g/mol. The SMILES string of the molecule is CCC1CCCCN1CCNC(=NC)NCc1ccc(N(CC)CC)nc1. The van der Waals surface area contributed by atoms with E-state index in [4.69, 9.17) is 0 Å². The molecular formula is C21H38N6. The summed E-state index contributed by atoms with van der Waals surface area (Å²) in [4.78, 5) is 13.8. The number of pyridine rings is 1. The fraction of sp³-hybridized carbons (Fsp3) is 0.714. The number of nitrogens with zero attached hydrogens (tertiary/aromatic N) is 4. The van der Waals surface area contributed by atoms with Crippen molar-refractivity contribution in [3.05, 3.63) is 23.9 Å². The molecule has 0 saturated carbocycles. The highest BCUT2D eigenvalue weighted by Crippen LogP contribution is 2.18. The van der Waals surface area contributed by atoms with Crippen LogP contribution in [0.2, 0.25) is 0 Å². The lowest BCUT2D eigenvalue weighted by Crippen LogP contribution is -2.45. The van der Waals surface area contributed by atoms with Crippen LogP contribution < -0.4 is 15.5 Å². The molecule has 0 amide bonds. The Kier molecular flexibility index (Phi) is 9.39. The van der Waals surface area contributed by atoms with Crippen LogP contribution in [-0.2, 0) is 6.54 Å². The molecule has 1 atom stereocenters. The number of aliphatic imine (C=N–C) groups is 1. The Balaban J connectivity index is 1.75. The summed E-state index contributed by atoms with van der Waals surface area (Å²) < 4.78 is 0. The average molecular weight is 375 g/mol. The van der Waals surface area contributed by atoms with E-state index in [1.165, 1.54) is 32.2 Å². The number of anilines is 1. The van der Waals surface area contributed by atoms with Crippen LogP contribution in [0.3, 0.4) is 0 Å². The van der Waals surface area contributed by atoms with E-state index in [0.29, 0.717) is 0 Å². The van der Waals surface area contributed by atoms with E-state index >= 15 is 0 Å². The van der Waals surface area contributed by atoms with Gasteiger partial charge in [0, 0.05) is 52.0 Å². The van der Waals surface area contributed by atoms with Gasteiger partial charge in [0.1, 0.15) is 5.82 Å². The summed E-state index contributed by atoms with van der Waals surface area (Å²) in [7, 11) is 1.83. The zero-order valence-corrected chi connectivity index (χ0v) is 17.7. The molecule has 1 aliphatic heterocycles. The smallest absolute Gasteiger partial charge is 0.191 e. The van der Waals surface area contributed by atoms with E-state index in [0.717, 1.165) is 56.1 Å². The van der Waals surface area contributed by atoms with Crippen LogP contribution >= 0.6 is 0 Å². The fourth-order valence-electron chi connectivity index (χ4n) is 3.80. The average Bonchev–Trinajstić information content (AvgIpc) is 2.72. The third-order valence-corrected chi connectivity index (χ3v) is 5.49. The molecule has 6 heteroatoms. The number of rotatable bonds is 9. The molecule has 1 aromatic heterocycles. The molecule has 0 spiro atoms. The van der Waals surface area contributed by atoms with Gasteiger partial charge >= 0.3 is 0 Å². The minimum atomic E-state index is 0.729. The van der Waals surface area contributed by atoms with Crippen molar-refractivity contribution in [3.8, 4) is 0 Å². The highest BCUT2D eigenvalue weighted by atomic mass is 15.2. The summed E-state index contributed by atoms with van der Waals surface area (Å²) in [5, 5.41) is 6.84. The topological polar surface area (TPSA) is 55.8 Å². The number of nitrogens with one attached hydrogen (secondary N) is 2. The molecule has 27 heavy (non-hydrogen) atoms. The van der Waals surface area contributed by atoms with Gasteiger partial charge < -0.3 is 15.5 Å². The number of guanidine groups is 1. The van der Waals surface area contributed by atoms with Gasteiger partial charge in [-0.3, -0.25) is 9.89 Å². The van der Waals surface area contributed by atoms with Crippen molar-refractivity contribution in [3.63, 3.8) is 0 Å². The maximum Gasteiger partial charge on any atom is 0.191 e. The van der Waals surface area contributed by atoms with E-state index in [-0.39, 0.29) is 0 Å². The molecule has 2 N–H and O–H groups in total. The van der Waals surface area contributed by atoms with Gasteiger partial charge in [-0.2, -0.15) is 0 Å². The Morgan fingerprint density at radius 3 is 2.67 bits per heavy atom. The lowest BCUT2D eigenvalue weighted by Gasteiger charge is -2.35. The summed E-state index contributed by atoms with van der Waals surface area (Å²) >= 11 is 0. The largest absolute Gasteiger partial charge is 0.357 e.